The van der Waals surface area contributed by atoms with Crippen molar-refractivity contribution in [1.29, 1.82) is 0 Å². The summed E-state index contributed by atoms with van der Waals surface area (Å²) in [5.41, 5.74) is 0.628. The fourth-order valence-electron chi connectivity index (χ4n) is 2.32. The molecule has 0 aromatic heterocycles. The van der Waals surface area contributed by atoms with Crippen LogP contribution < -0.4 is 10.6 Å². The molecule has 2 rings (SSSR count). The van der Waals surface area contributed by atoms with Crippen LogP contribution in [0.15, 0.2) is 18.2 Å². The molecule has 1 unspecified atom stereocenters. The zero-order valence-corrected chi connectivity index (χ0v) is 10.7. The van der Waals surface area contributed by atoms with E-state index in [1.807, 2.05) is 0 Å². The molecule has 1 aliphatic heterocycles. The molecular formula is C14H18F2N2O. The molecule has 0 radical (unpaired) electrons. The molecule has 1 aromatic carbocycles. The Morgan fingerprint density at radius 1 is 1.26 bits per heavy atom. The summed E-state index contributed by atoms with van der Waals surface area (Å²) in [4.78, 5) is 11.4. The van der Waals surface area contributed by atoms with Crippen molar-refractivity contribution in [2.24, 2.45) is 0 Å². The lowest BCUT2D eigenvalue weighted by molar-refractivity contribution is -0.121. The van der Waals surface area contributed by atoms with E-state index >= 15 is 0 Å². The Balaban J connectivity index is 1.80. The third-order valence-electron chi connectivity index (χ3n) is 3.25. The van der Waals surface area contributed by atoms with Crippen LogP contribution in [-0.2, 0) is 11.2 Å². The highest BCUT2D eigenvalue weighted by Gasteiger charge is 2.16. The fourth-order valence-corrected chi connectivity index (χ4v) is 2.32. The van der Waals surface area contributed by atoms with Gasteiger partial charge in [-0.25, -0.2) is 8.78 Å². The third-order valence-corrected chi connectivity index (χ3v) is 3.25. The first-order valence-corrected chi connectivity index (χ1v) is 6.58. The predicted octanol–water partition coefficient (Wildman–Crippen LogP) is 1.77. The molecule has 5 heteroatoms. The molecule has 1 aliphatic rings. The van der Waals surface area contributed by atoms with Gasteiger partial charge in [-0.1, -0.05) is 0 Å². The molecule has 1 saturated heterocycles. The molecule has 3 nitrogen and oxygen atoms in total. The van der Waals surface area contributed by atoms with Crippen molar-refractivity contribution in [3.63, 3.8) is 0 Å². The van der Waals surface area contributed by atoms with Gasteiger partial charge in [-0.2, -0.15) is 0 Å². The van der Waals surface area contributed by atoms with Gasteiger partial charge in [-0.15, -0.1) is 0 Å². The maximum absolute atomic E-state index is 13.0. The summed E-state index contributed by atoms with van der Waals surface area (Å²) in [5.74, 6) is -1.04. The molecule has 1 heterocycles. The first kappa shape index (κ1) is 13.9. The van der Waals surface area contributed by atoms with Gasteiger partial charge >= 0.3 is 0 Å². The van der Waals surface area contributed by atoms with Gasteiger partial charge < -0.3 is 10.6 Å². The van der Waals surface area contributed by atoms with Gasteiger partial charge in [0, 0.05) is 25.1 Å². The van der Waals surface area contributed by atoms with E-state index in [2.05, 4.69) is 10.6 Å². The average molecular weight is 268 g/mol. The molecule has 0 spiro atoms. The largest absolute Gasteiger partial charge is 0.356 e. The van der Waals surface area contributed by atoms with Crippen molar-refractivity contribution in [3.8, 4) is 0 Å². The number of carbonyl (C=O) groups excluding carboxylic acids is 1. The minimum absolute atomic E-state index is 0.0619. The lowest BCUT2D eigenvalue weighted by Gasteiger charge is -2.15. The second-order valence-corrected chi connectivity index (χ2v) is 4.88. The molecular weight excluding hydrogens is 250 g/mol. The van der Waals surface area contributed by atoms with Crippen molar-refractivity contribution < 1.29 is 13.6 Å². The number of amides is 1. The van der Waals surface area contributed by atoms with Gasteiger partial charge in [0.1, 0.15) is 11.6 Å². The summed E-state index contributed by atoms with van der Waals surface area (Å²) >= 11 is 0. The average Bonchev–Trinajstić information content (AvgIpc) is 2.52. The summed E-state index contributed by atoms with van der Waals surface area (Å²) < 4.78 is 26.0. The number of carbonyl (C=O) groups is 1. The van der Waals surface area contributed by atoms with Crippen molar-refractivity contribution in [1.82, 2.24) is 10.6 Å². The SMILES string of the molecule is O=C1CC(NCCc2cc(F)cc(F)c2)CCCN1. The van der Waals surface area contributed by atoms with Gasteiger partial charge in [-0.3, -0.25) is 4.79 Å². The minimum Gasteiger partial charge on any atom is -0.356 e. The Bertz CT molecular complexity index is 431. The van der Waals surface area contributed by atoms with Crippen LogP contribution in [0.1, 0.15) is 24.8 Å². The highest BCUT2D eigenvalue weighted by atomic mass is 19.1. The normalized spacial score (nSPS) is 19.9. The lowest BCUT2D eigenvalue weighted by atomic mass is 10.1. The number of hydrogen-bond donors (Lipinski definition) is 2. The van der Waals surface area contributed by atoms with Gasteiger partial charge in [-0.05, 0) is 43.5 Å². The van der Waals surface area contributed by atoms with E-state index in [1.165, 1.54) is 12.1 Å². The van der Waals surface area contributed by atoms with Crippen LogP contribution >= 0.6 is 0 Å². The van der Waals surface area contributed by atoms with Crippen molar-refractivity contribution in [2.75, 3.05) is 13.1 Å². The van der Waals surface area contributed by atoms with Crippen LogP contribution in [0.4, 0.5) is 8.78 Å². The summed E-state index contributed by atoms with van der Waals surface area (Å²) in [5, 5.41) is 6.09. The molecule has 1 aromatic rings. The lowest BCUT2D eigenvalue weighted by Crippen LogP contribution is -2.33. The molecule has 1 amide bonds. The van der Waals surface area contributed by atoms with Crippen LogP contribution in [-0.4, -0.2) is 25.0 Å². The van der Waals surface area contributed by atoms with Crippen molar-refractivity contribution in [2.45, 2.75) is 31.7 Å². The summed E-state index contributed by atoms with van der Waals surface area (Å²) in [7, 11) is 0. The zero-order chi connectivity index (χ0) is 13.7. The summed E-state index contributed by atoms with van der Waals surface area (Å²) in [6.45, 7) is 1.34. The Hall–Kier alpha value is -1.49. The number of benzene rings is 1. The van der Waals surface area contributed by atoms with Crippen molar-refractivity contribution >= 4 is 5.91 Å². The highest BCUT2D eigenvalue weighted by Crippen LogP contribution is 2.09. The topological polar surface area (TPSA) is 41.1 Å². The van der Waals surface area contributed by atoms with Crippen molar-refractivity contribution in [3.05, 3.63) is 35.4 Å². The molecule has 0 bridgehead atoms. The van der Waals surface area contributed by atoms with E-state index in [9.17, 15) is 13.6 Å². The third kappa shape index (κ3) is 4.59. The maximum atomic E-state index is 13.0. The fraction of sp³-hybridized carbons (Fsp3) is 0.500. The van der Waals surface area contributed by atoms with E-state index in [1.54, 1.807) is 0 Å². The van der Waals surface area contributed by atoms with E-state index < -0.39 is 11.6 Å². The molecule has 0 aliphatic carbocycles. The van der Waals surface area contributed by atoms with Crippen LogP contribution in [0.3, 0.4) is 0 Å². The van der Waals surface area contributed by atoms with Crippen LogP contribution in [0.2, 0.25) is 0 Å². The zero-order valence-electron chi connectivity index (χ0n) is 10.7. The summed E-state index contributed by atoms with van der Waals surface area (Å²) in [6.07, 6.45) is 2.92. The Kier molecular flexibility index (Phi) is 4.85. The van der Waals surface area contributed by atoms with Crippen LogP contribution in [0, 0.1) is 11.6 Å². The van der Waals surface area contributed by atoms with E-state index in [0.717, 1.165) is 25.5 Å². The molecule has 1 atom stereocenters. The first-order chi connectivity index (χ1) is 9.13. The summed E-state index contributed by atoms with van der Waals surface area (Å²) in [6, 6.07) is 3.70. The standard InChI is InChI=1S/C14H18F2N2O/c15-11-6-10(7-12(16)8-11)3-5-17-13-2-1-4-18-14(19)9-13/h6-8,13,17H,1-5,9H2,(H,18,19). The smallest absolute Gasteiger partial charge is 0.221 e. The Morgan fingerprint density at radius 3 is 2.74 bits per heavy atom. The van der Waals surface area contributed by atoms with Crippen LogP contribution in [0.25, 0.3) is 0 Å². The van der Waals surface area contributed by atoms with E-state index in [4.69, 9.17) is 0 Å². The Labute approximate surface area is 111 Å². The Morgan fingerprint density at radius 2 is 2.00 bits per heavy atom. The van der Waals surface area contributed by atoms with E-state index in [0.29, 0.717) is 24.9 Å². The van der Waals surface area contributed by atoms with Gasteiger partial charge in [0.25, 0.3) is 0 Å². The predicted molar refractivity (Wildman–Crippen MR) is 68.7 cm³/mol. The van der Waals surface area contributed by atoms with Crippen LogP contribution in [0.5, 0.6) is 0 Å². The van der Waals surface area contributed by atoms with Gasteiger partial charge in [0.15, 0.2) is 0 Å². The second-order valence-electron chi connectivity index (χ2n) is 4.88. The molecule has 1 fully saturated rings. The minimum atomic E-state index is -0.552. The maximum Gasteiger partial charge on any atom is 0.221 e. The van der Waals surface area contributed by atoms with Gasteiger partial charge in [0.05, 0.1) is 0 Å². The number of rotatable bonds is 4. The quantitative estimate of drug-likeness (QED) is 0.873. The highest BCUT2D eigenvalue weighted by molar-refractivity contribution is 5.76. The number of hydrogen-bond acceptors (Lipinski definition) is 2. The number of nitrogens with one attached hydrogen (secondary N) is 2. The second kappa shape index (κ2) is 6.61. The molecule has 104 valence electrons. The van der Waals surface area contributed by atoms with Gasteiger partial charge in [0.2, 0.25) is 5.91 Å². The molecule has 2 N–H and O–H groups in total. The first-order valence-electron chi connectivity index (χ1n) is 6.58. The van der Waals surface area contributed by atoms with E-state index in [-0.39, 0.29) is 11.9 Å². The monoisotopic (exact) mass is 268 g/mol. The number of halogens is 2. The molecule has 0 saturated carbocycles. The molecule has 19 heavy (non-hydrogen) atoms.